The molecule has 7 nitrogen and oxygen atoms in total. The Morgan fingerprint density at radius 2 is 1.93 bits per heavy atom. The molecular formula is C20H25NO6. The van der Waals surface area contributed by atoms with Crippen molar-refractivity contribution >= 4 is 6.16 Å². The van der Waals surface area contributed by atoms with Gasteiger partial charge in [0.25, 0.3) is 0 Å². The van der Waals surface area contributed by atoms with Gasteiger partial charge in [0.15, 0.2) is 11.5 Å². The molecule has 0 amide bonds. The van der Waals surface area contributed by atoms with Crippen LogP contribution >= 0.6 is 0 Å². The first kappa shape index (κ1) is 19.3. The Morgan fingerprint density at radius 3 is 2.48 bits per heavy atom. The summed E-state index contributed by atoms with van der Waals surface area (Å²) in [6, 6.07) is 7.96. The van der Waals surface area contributed by atoms with Crippen molar-refractivity contribution in [3.8, 4) is 17.6 Å². The molecular weight excluding hydrogens is 350 g/mol. The van der Waals surface area contributed by atoms with Crippen molar-refractivity contribution in [2.24, 2.45) is 0 Å². The molecule has 0 aliphatic heterocycles. The van der Waals surface area contributed by atoms with Gasteiger partial charge in [0.05, 0.1) is 24.7 Å². The molecule has 0 radical (unpaired) electrons. The van der Waals surface area contributed by atoms with E-state index in [1.807, 2.05) is 12.1 Å². The third-order valence-electron chi connectivity index (χ3n) is 5.63. The van der Waals surface area contributed by atoms with Crippen molar-refractivity contribution in [3.05, 3.63) is 23.8 Å². The molecule has 0 bridgehead atoms. The van der Waals surface area contributed by atoms with Crippen LogP contribution in [0.25, 0.3) is 0 Å². The van der Waals surface area contributed by atoms with Crippen LogP contribution < -0.4 is 9.47 Å². The molecule has 2 fully saturated rings. The largest absolute Gasteiger partial charge is 0.506 e. The predicted octanol–water partition coefficient (Wildman–Crippen LogP) is 3.39. The highest BCUT2D eigenvalue weighted by molar-refractivity contribution is 5.57. The number of hydrogen-bond acceptors (Lipinski definition) is 6. The van der Waals surface area contributed by atoms with E-state index in [0.29, 0.717) is 43.6 Å². The molecule has 2 atom stereocenters. The van der Waals surface area contributed by atoms with Crippen molar-refractivity contribution in [1.82, 2.24) is 0 Å². The minimum absolute atomic E-state index is 0.0677. The SMILES string of the molecule is COc1ccc([C@]2(C#N)CC[C@H](OC(=O)O)CC2)cc1O[C@@H]1CC[C@@H](O)C1. The van der Waals surface area contributed by atoms with Gasteiger partial charge < -0.3 is 24.4 Å². The Hall–Kier alpha value is -2.46. The Balaban J connectivity index is 1.79. The highest BCUT2D eigenvalue weighted by atomic mass is 16.7. The van der Waals surface area contributed by atoms with E-state index >= 15 is 0 Å². The first-order valence-corrected chi connectivity index (χ1v) is 9.30. The number of methoxy groups -OCH3 is 1. The molecule has 0 saturated heterocycles. The molecule has 27 heavy (non-hydrogen) atoms. The van der Waals surface area contributed by atoms with E-state index in [4.69, 9.17) is 19.3 Å². The molecule has 2 saturated carbocycles. The molecule has 0 spiro atoms. The number of ether oxygens (including phenoxy) is 3. The quantitative estimate of drug-likeness (QED) is 0.759. The third kappa shape index (κ3) is 4.28. The molecule has 0 unspecified atom stereocenters. The van der Waals surface area contributed by atoms with Gasteiger partial charge in [0, 0.05) is 6.42 Å². The fraction of sp³-hybridized carbons (Fsp3) is 0.600. The standard InChI is InChI=1S/C20H25NO6/c1-25-17-5-2-13(10-18(17)26-16-4-3-14(22)11-16)20(12-21)8-6-15(7-9-20)27-19(23)24/h2,5,10,14-16,22H,3-4,6-9,11H2,1H3,(H,23,24)/t14-,15-,16-,20+/m1/s1. The summed E-state index contributed by atoms with van der Waals surface area (Å²) in [6.07, 6.45) is 2.12. The van der Waals surface area contributed by atoms with Gasteiger partial charge in [-0.15, -0.1) is 0 Å². The van der Waals surface area contributed by atoms with Crippen LogP contribution in [0.2, 0.25) is 0 Å². The normalized spacial score (nSPS) is 30.3. The van der Waals surface area contributed by atoms with Gasteiger partial charge in [-0.2, -0.15) is 5.26 Å². The summed E-state index contributed by atoms with van der Waals surface area (Å²) in [5.74, 6) is 1.17. The van der Waals surface area contributed by atoms with Gasteiger partial charge in [-0.3, -0.25) is 0 Å². The Morgan fingerprint density at radius 1 is 1.19 bits per heavy atom. The second-order valence-electron chi connectivity index (χ2n) is 7.35. The summed E-state index contributed by atoms with van der Waals surface area (Å²) in [4.78, 5) is 10.7. The molecule has 0 heterocycles. The fourth-order valence-corrected chi connectivity index (χ4v) is 4.08. The van der Waals surface area contributed by atoms with Gasteiger partial charge in [-0.25, -0.2) is 4.79 Å². The number of carbonyl (C=O) groups is 1. The fourth-order valence-electron chi connectivity index (χ4n) is 4.08. The number of nitriles is 1. The molecule has 2 aliphatic rings. The van der Waals surface area contributed by atoms with Crippen LogP contribution in [-0.4, -0.2) is 41.8 Å². The van der Waals surface area contributed by atoms with E-state index in [0.717, 1.165) is 18.4 Å². The molecule has 146 valence electrons. The Labute approximate surface area is 158 Å². The maximum Gasteiger partial charge on any atom is 0.506 e. The average molecular weight is 375 g/mol. The topological polar surface area (TPSA) is 109 Å². The smallest absolute Gasteiger partial charge is 0.493 e. The second-order valence-corrected chi connectivity index (χ2v) is 7.35. The van der Waals surface area contributed by atoms with Gasteiger partial charge in [0.2, 0.25) is 0 Å². The number of hydrogen-bond donors (Lipinski definition) is 2. The van der Waals surface area contributed by atoms with Crippen LogP contribution in [0.5, 0.6) is 11.5 Å². The number of nitrogens with zero attached hydrogens (tertiary/aromatic N) is 1. The number of aliphatic hydroxyl groups is 1. The van der Waals surface area contributed by atoms with Crippen LogP contribution in [-0.2, 0) is 10.2 Å². The zero-order chi connectivity index (χ0) is 19.4. The van der Waals surface area contributed by atoms with Crippen LogP contribution in [0.3, 0.4) is 0 Å². The lowest BCUT2D eigenvalue weighted by molar-refractivity contribution is 0.0286. The molecule has 1 aromatic carbocycles. The monoisotopic (exact) mass is 375 g/mol. The molecule has 2 N–H and O–H groups in total. The van der Waals surface area contributed by atoms with Gasteiger partial charge in [-0.1, -0.05) is 6.07 Å². The van der Waals surface area contributed by atoms with Crippen molar-refractivity contribution in [2.45, 2.75) is 68.7 Å². The minimum Gasteiger partial charge on any atom is -0.493 e. The van der Waals surface area contributed by atoms with E-state index in [1.165, 1.54) is 0 Å². The first-order valence-electron chi connectivity index (χ1n) is 9.30. The van der Waals surface area contributed by atoms with E-state index in [9.17, 15) is 15.2 Å². The molecule has 3 rings (SSSR count). The number of rotatable bonds is 5. The third-order valence-corrected chi connectivity index (χ3v) is 5.63. The summed E-state index contributed by atoms with van der Waals surface area (Å²) in [5.41, 5.74) is 0.144. The van der Waals surface area contributed by atoms with Crippen molar-refractivity contribution in [3.63, 3.8) is 0 Å². The van der Waals surface area contributed by atoms with Crippen LogP contribution in [0.4, 0.5) is 4.79 Å². The van der Waals surface area contributed by atoms with Gasteiger partial charge >= 0.3 is 6.16 Å². The van der Waals surface area contributed by atoms with Crippen LogP contribution in [0.1, 0.15) is 50.5 Å². The second kappa shape index (κ2) is 8.05. The van der Waals surface area contributed by atoms with Gasteiger partial charge in [0.1, 0.15) is 12.2 Å². The molecule has 1 aromatic rings. The van der Waals surface area contributed by atoms with E-state index < -0.39 is 11.6 Å². The number of carboxylic acid groups (broad SMARTS) is 1. The molecule has 2 aliphatic carbocycles. The van der Waals surface area contributed by atoms with Crippen molar-refractivity contribution in [1.29, 1.82) is 5.26 Å². The highest BCUT2D eigenvalue weighted by Gasteiger charge is 2.39. The zero-order valence-corrected chi connectivity index (χ0v) is 15.4. The van der Waals surface area contributed by atoms with Gasteiger partial charge in [-0.05, 0) is 56.2 Å². The Bertz CT molecular complexity index is 720. The van der Waals surface area contributed by atoms with E-state index in [-0.39, 0.29) is 18.3 Å². The molecule has 0 aromatic heterocycles. The zero-order valence-electron chi connectivity index (χ0n) is 15.4. The average Bonchev–Trinajstić information content (AvgIpc) is 3.07. The summed E-state index contributed by atoms with van der Waals surface area (Å²) in [7, 11) is 1.57. The highest BCUT2D eigenvalue weighted by Crippen LogP contribution is 2.43. The summed E-state index contributed by atoms with van der Waals surface area (Å²) in [5, 5.41) is 28.4. The van der Waals surface area contributed by atoms with E-state index in [2.05, 4.69) is 6.07 Å². The first-order chi connectivity index (χ1) is 13.0. The summed E-state index contributed by atoms with van der Waals surface area (Å²) >= 11 is 0. The van der Waals surface area contributed by atoms with Crippen LogP contribution in [0.15, 0.2) is 18.2 Å². The summed E-state index contributed by atoms with van der Waals surface area (Å²) in [6.45, 7) is 0. The molecule has 7 heteroatoms. The maximum absolute atomic E-state index is 10.7. The van der Waals surface area contributed by atoms with Crippen molar-refractivity contribution in [2.75, 3.05) is 7.11 Å². The number of benzene rings is 1. The Kier molecular flexibility index (Phi) is 5.76. The van der Waals surface area contributed by atoms with Crippen LogP contribution in [0, 0.1) is 11.3 Å². The lowest BCUT2D eigenvalue weighted by atomic mass is 9.69. The lowest BCUT2D eigenvalue weighted by Gasteiger charge is -2.35. The van der Waals surface area contributed by atoms with E-state index in [1.54, 1.807) is 13.2 Å². The minimum atomic E-state index is -1.27. The number of aliphatic hydroxyl groups excluding tert-OH is 1. The predicted molar refractivity (Wildman–Crippen MR) is 95.9 cm³/mol. The maximum atomic E-state index is 10.7. The lowest BCUT2D eigenvalue weighted by Crippen LogP contribution is -2.34. The van der Waals surface area contributed by atoms with Crippen molar-refractivity contribution < 1.29 is 29.2 Å². The summed E-state index contributed by atoms with van der Waals surface area (Å²) < 4.78 is 16.3.